The summed E-state index contributed by atoms with van der Waals surface area (Å²) in [5.41, 5.74) is 4.50. The largest absolute Gasteiger partial charge is 0.381 e. The molecule has 0 fully saturated rings. The minimum absolute atomic E-state index is 0.237. The first kappa shape index (κ1) is 14.5. The molecule has 2 rings (SSSR count). The average Bonchev–Trinajstić information content (AvgIpc) is 2.37. The topological polar surface area (TPSA) is 12.0 Å². The van der Waals surface area contributed by atoms with Crippen LogP contribution >= 0.6 is 31.9 Å². The lowest BCUT2D eigenvalue weighted by molar-refractivity contribution is 0.620. The van der Waals surface area contributed by atoms with Gasteiger partial charge in [0, 0.05) is 16.7 Å². The Labute approximate surface area is 129 Å². The monoisotopic (exact) mass is 385 g/mol. The molecule has 100 valence electrons. The fourth-order valence-corrected chi connectivity index (χ4v) is 2.56. The second-order valence-electron chi connectivity index (χ2n) is 4.53. The summed E-state index contributed by atoms with van der Waals surface area (Å²) < 4.78 is 14.8. The van der Waals surface area contributed by atoms with E-state index in [0.717, 1.165) is 15.7 Å². The Morgan fingerprint density at radius 2 is 1.68 bits per heavy atom. The Morgan fingerprint density at radius 3 is 2.26 bits per heavy atom. The number of nitrogens with one attached hydrogen (secondary N) is 1. The van der Waals surface area contributed by atoms with E-state index in [1.54, 1.807) is 12.1 Å². The number of benzene rings is 2. The van der Waals surface area contributed by atoms with Crippen molar-refractivity contribution in [2.45, 2.75) is 20.4 Å². The highest BCUT2D eigenvalue weighted by molar-refractivity contribution is 9.10. The predicted octanol–water partition coefficient (Wildman–Crippen LogP) is 5.58. The molecule has 0 saturated carbocycles. The van der Waals surface area contributed by atoms with E-state index in [1.165, 1.54) is 17.2 Å². The van der Waals surface area contributed by atoms with Crippen molar-refractivity contribution in [1.29, 1.82) is 0 Å². The van der Waals surface area contributed by atoms with E-state index in [2.05, 4.69) is 63.2 Å². The Morgan fingerprint density at radius 1 is 1.05 bits per heavy atom. The number of anilines is 1. The van der Waals surface area contributed by atoms with Crippen LogP contribution in [0.1, 0.15) is 16.7 Å². The fraction of sp³-hybridized carbons (Fsp3) is 0.200. The third-order valence-corrected chi connectivity index (χ3v) is 4.78. The zero-order valence-corrected chi connectivity index (χ0v) is 13.9. The number of halogens is 3. The molecule has 0 aliphatic carbocycles. The molecule has 0 aliphatic rings. The van der Waals surface area contributed by atoms with Gasteiger partial charge in [0.25, 0.3) is 0 Å². The van der Waals surface area contributed by atoms with Crippen LogP contribution in [0.3, 0.4) is 0 Å². The van der Waals surface area contributed by atoms with E-state index in [1.807, 2.05) is 0 Å². The van der Waals surface area contributed by atoms with Crippen LogP contribution in [0, 0.1) is 19.7 Å². The molecule has 0 radical (unpaired) electrons. The summed E-state index contributed by atoms with van der Waals surface area (Å²) in [6, 6.07) is 9.23. The van der Waals surface area contributed by atoms with Crippen LogP contribution in [0.15, 0.2) is 39.3 Å². The smallest absolute Gasteiger partial charge is 0.137 e. The van der Waals surface area contributed by atoms with Gasteiger partial charge in [0.2, 0.25) is 0 Å². The SMILES string of the molecule is Cc1cc(NCc2ccc(F)c(Br)c2)cc(C)c1Br. The molecule has 0 amide bonds. The van der Waals surface area contributed by atoms with Crippen LogP contribution in [0.5, 0.6) is 0 Å². The van der Waals surface area contributed by atoms with Gasteiger partial charge in [-0.05, 0) is 70.7 Å². The molecule has 0 aliphatic heterocycles. The van der Waals surface area contributed by atoms with Crippen LogP contribution < -0.4 is 5.32 Å². The highest BCUT2D eigenvalue weighted by Crippen LogP contribution is 2.25. The van der Waals surface area contributed by atoms with Crippen LogP contribution in [0.4, 0.5) is 10.1 Å². The molecular weight excluding hydrogens is 373 g/mol. The molecular formula is C15H14Br2FN. The van der Waals surface area contributed by atoms with Gasteiger partial charge in [-0.25, -0.2) is 4.39 Å². The van der Waals surface area contributed by atoms with Gasteiger partial charge in [0.05, 0.1) is 4.47 Å². The van der Waals surface area contributed by atoms with Crippen molar-refractivity contribution in [3.63, 3.8) is 0 Å². The van der Waals surface area contributed by atoms with E-state index in [0.29, 0.717) is 11.0 Å². The number of hydrogen-bond acceptors (Lipinski definition) is 1. The molecule has 1 nitrogen and oxygen atoms in total. The zero-order valence-electron chi connectivity index (χ0n) is 10.7. The Balaban J connectivity index is 2.12. The van der Waals surface area contributed by atoms with Crippen molar-refractivity contribution in [3.05, 3.63) is 61.8 Å². The van der Waals surface area contributed by atoms with Crippen molar-refractivity contribution in [1.82, 2.24) is 0 Å². The third-order valence-electron chi connectivity index (χ3n) is 2.92. The first-order chi connectivity index (χ1) is 8.97. The van der Waals surface area contributed by atoms with Gasteiger partial charge in [-0.15, -0.1) is 0 Å². The zero-order chi connectivity index (χ0) is 14.0. The van der Waals surface area contributed by atoms with Gasteiger partial charge in [-0.1, -0.05) is 22.0 Å². The first-order valence-electron chi connectivity index (χ1n) is 5.92. The normalized spacial score (nSPS) is 10.6. The second-order valence-corrected chi connectivity index (χ2v) is 6.17. The molecule has 4 heteroatoms. The minimum Gasteiger partial charge on any atom is -0.381 e. The maximum absolute atomic E-state index is 13.1. The van der Waals surface area contributed by atoms with Gasteiger partial charge < -0.3 is 5.32 Å². The molecule has 0 bridgehead atoms. The Bertz CT molecular complexity index is 588. The van der Waals surface area contributed by atoms with Gasteiger partial charge in [-0.3, -0.25) is 0 Å². The molecule has 2 aromatic carbocycles. The summed E-state index contributed by atoms with van der Waals surface area (Å²) in [6.07, 6.45) is 0. The molecule has 1 N–H and O–H groups in total. The van der Waals surface area contributed by atoms with E-state index in [4.69, 9.17) is 0 Å². The summed E-state index contributed by atoms with van der Waals surface area (Å²) in [5, 5.41) is 3.35. The minimum atomic E-state index is -0.237. The Kier molecular flexibility index (Phi) is 4.63. The molecule has 2 aromatic rings. The fourth-order valence-electron chi connectivity index (χ4n) is 1.90. The molecule has 0 unspecified atom stereocenters. The number of aryl methyl sites for hydroxylation is 2. The van der Waals surface area contributed by atoms with Crippen LogP contribution in [-0.4, -0.2) is 0 Å². The maximum atomic E-state index is 13.1. The van der Waals surface area contributed by atoms with Crippen molar-refractivity contribution in [3.8, 4) is 0 Å². The molecule has 0 atom stereocenters. The van der Waals surface area contributed by atoms with Crippen molar-refractivity contribution in [2.75, 3.05) is 5.32 Å². The van der Waals surface area contributed by atoms with E-state index < -0.39 is 0 Å². The lowest BCUT2D eigenvalue weighted by atomic mass is 10.1. The van der Waals surface area contributed by atoms with Crippen molar-refractivity contribution >= 4 is 37.5 Å². The molecule has 19 heavy (non-hydrogen) atoms. The van der Waals surface area contributed by atoms with Crippen LogP contribution in [0.2, 0.25) is 0 Å². The van der Waals surface area contributed by atoms with Crippen LogP contribution in [0.25, 0.3) is 0 Å². The summed E-state index contributed by atoms with van der Waals surface area (Å²) in [6.45, 7) is 4.80. The Hall–Kier alpha value is -0.870. The predicted molar refractivity (Wildman–Crippen MR) is 85.0 cm³/mol. The third kappa shape index (κ3) is 3.57. The average molecular weight is 387 g/mol. The summed E-state index contributed by atoms with van der Waals surface area (Å²) in [5.74, 6) is -0.237. The second kappa shape index (κ2) is 6.06. The van der Waals surface area contributed by atoms with E-state index in [9.17, 15) is 4.39 Å². The highest BCUT2D eigenvalue weighted by atomic mass is 79.9. The van der Waals surface area contributed by atoms with Crippen molar-refractivity contribution in [2.24, 2.45) is 0 Å². The number of hydrogen-bond donors (Lipinski definition) is 1. The van der Waals surface area contributed by atoms with E-state index in [-0.39, 0.29) is 5.82 Å². The molecule has 0 aromatic heterocycles. The summed E-state index contributed by atoms with van der Waals surface area (Å²) in [7, 11) is 0. The van der Waals surface area contributed by atoms with Crippen molar-refractivity contribution < 1.29 is 4.39 Å². The molecule has 0 saturated heterocycles. The first-order valence-corrected chi connectivity index (χ1v) is 7.50. The van der Waals surface area contributed by atoms with Gasteiger partial charge in [0.15, 0.2) is 0 Å². The highest BCUT2D eigenvalue weighted by Gasteiger charge is 2.03. The standard InChI is InChI=1S/C15H14Br2FN/c1-9-5-12(6-10(2)15(9)17)19-8-11-3-4-14(18)13(16)7-11/h3-7,19H,8H2,1-2H3. The summed E-state index contributed by atoms with van der Waals surface area (Å²) in [4.78, 5) is 0. The van der Waals surface area contributed by atoms with Gasteiger partial charge in [0.1, 0.15) is 5.82 Å². The van der Waals surface area contributed by atoms with Gasteiger partial charge in [-0.2, -0.15) is 0 Å². The summed E-state index contributed by atoms with van der Waals surface area (Å²) >= 11 is 6.75. The van der Waals surface area contributed by atoms with Gasteiger partial charge >= 0.3 is 0 Å². The maximum Gasteiger partial charge on any atom is 0.137 e. The lowest BCUT2D eigenvalue weighted by Gasteiger charge is -2.11. The lowest BCUT2D eigenvalue weighted by Crippen LogP contribution is -2.00. The van der Waals surface area contributed by atoms with E-state index >= 15 is 0 Å². The van der Waals surface area contributed by atoms with Crippen LogP contribution in [-0.2, 0) is 6.54 Å². The molecule has 0 heterocycles. The number of rotatable bonds is 3. The quantitative estimate of drug-likeness (QED) is 0.725. The molecule has 0 spiro atoms.